The molecule has 1 aromatic carbocycles. The van der Waals surface area contributed by atoms with Crippen molar-refractivity contribution in [2.45, 2.75) is 25.4 Å². The summed E-state index contributed by atoms with van der Waals surface area (Å²) < 4.78 is 5.65. The van der Waals surface area contributed by atoms with E-state index >= 15 is 0 Å². The Labute approximate surface area is 94.0 Å². The fraction of sp³-hybridized carbons (Fsp3) is 0.417. The minimum atomic E-state index is -0.904. The molecule has 0 amide bonds. The van der Waals surface area contributed by atoms with Crippen molar-refractivity contribution in [1.29, 1.82) is 0 Å². The highest BCUT2D eigenvalue weighted by molar-refractivity contribution is 5.78. The van der Waals surface area contributed by atoms with E-state index in [1.165, 1.54) is 0 Å². The molecule has 0 radical (unpaired) electrons. The van der Waals surface area contributed by atoms with E-state index in [1.807, 2.05) is 19.1 Å². The average molecular weight is 221 g/mol. The number of para-hydroxylation sites is 1. The Bertz CT molecular complexity index is 417. The van der Waals surface area contributed by atoms with Crippen molar-refractivity contribution in [2.75, 3.05) is 6.54 Å². The fourth-order valence-corrected chi connectivity index (χ4v) is 2.10. The van der Waals surface area contributed by atoms with E-state index in [-0.39, 0.29) is 12.6 Å². The minimum absolute atomic E-state index is 0.0868. The van der Waals surface area contributed by atoms with Crippen LogP contribution in [0.2, 0.25) is 0 Å². The zero-order valence-electron chi connectivity index (χ0n) is 9.14. The van der Waals surface area contributed by atoms with Gasteiger partial charge in [-0.1, -0.05) is 18.2 Å². The molecule has 4 nitrogen and oxygen atoms in total. The lowest BCUT2D eigenvalue weighted by Gasteiger charge is -2.14. The monoisotopic (exact) mass is 221 g/mol. The molecule has 2 atom stereocenters. The number of carboxylic acids is 1. The Morgan fingerprint density at radius 3 is 3.06 bits per heavy atom. The molecule has 3 N–H and O–H groups in total. The van der Waals surface area contributed by atoms with Crippen molar-refractivity contribution in [3.8, 4) is 5.75 Å². The van der Waals surface area contributed by atoms with E-state index in [9.17, 15) is 4.79 Å². The number of fused-ring (bicyclic) bond motifs is 1. The number of hydrogen-bond acceptors (Lipinski definition) is 3. The summed E-state index contributed by atoms with van der Waals surface area (Å²) in [5.74, 6) is -0.868. The van der Waals surface area contributed by atoms with E-state index in [0.717, 1.165) is 12.0 Å². The highest BCUT2D eigenvalue weighted by atomic mass is 16.5. The van der Waals surface area contributed by atoms with Crippen molar-refractivity contribution in [2.24, 2.45) is 5.73 Å². The molecule has 0 spiro atoms. The molecule has 2 unspecified atom stereocenters. The second-order valence-corrected chi connectivity index (χ2v) is 4.09. The zero-order valence-corrected chi connectivity index (χ0v) is 9.14. The van der Waals surface area contributed by atoms with Gasteiger partial charge < -0.3 is 15.6 Å². The largest absolute Gasteiger partial charge is 0.490 e. The van der Waals surface area contributed by atoms with Crippen LogP contribution >= 0.6 is 0 Å². The second-order valence-electron chi connectivity index (χ2n) is 4.09. The maximum absolute atomic E-state index is 11.1. The Balaban J connectivity index is 2.43. The number of nitrogens with two attached hydrogens (primary N) is 1. The average Bonchev–Trinajstić information content (AvgIpc) is 2.59. The molecule has 1 heterocycles. The summed E-state index contributed by atoms with van der Waals surface area (Å²) in [6, 6.07) is 5.61. The van der Waals surface area contributed by atoms with Crippen LogP contribution in [0, 0.1) is 0 Å². The molecule has 16 heavy (non-hydrogen) atoms. The van der Waals surface area contributed by atoms with Crippen molar-refractivity contribution in [3.05, 3.63) is 29.3 Å². The van der Waals surface area contributed by atoms with Gasteiger partial charge in [0.15, 0.2) is 0 Å². The van der Waals surface area contributed by atoms with Crippen LogP contribution in [0.3, 0.4) is 0 Å². The summed E-state index contributed by atoms with van der Waals surface area (Å²) >= 11 is 0. The number of hydrogen-bond donors (Lipinski definition) is 2. The number of carbonyl (C=O) groups is 1. The number of rotatable bonds is 3. The first-order chi connectivity index (χ1) is 7.63. The third-order valence-corrected chi connectivity index (χ3v) is 2.86. The number of benzene rings is 1. The van der Waals surface area contributed by atoms with Crippen LogP contribution in [-0.2, 0) is 11.2 Å². The van der Waals surface area contributed by atoms with Gasteiger partial charge in [0, 0.05) is 18.5 Å². The Morgan fingerprint density at radius 1 is 1.69 bits per heavy atom. The summed E-state index contributed by atoms with van der Waals surface area (Å²) in [5, 5.41) is 9.09. The van der Waals surface area contributed by atoms with Crippen LogP contribution in [0.25, 0.3) is 0 Å². The van der Waals surface area contributed by atoms with Crippen LogP contribution < -0.4 is 10.5 Å². The molecule has 1 aliphatic rings. The molecule has 0 saturated heterocycles. The molecule has 0 aromatic heterocycles. The van der Waals surface area contributed by atoms with E-state index in [4.69, 9.17) is 15.6 Å². The Kier molecular flexibility index (Phi) is 2.83. The van der Waals surface area contributed by atoms with E-state index in [2.05, 4.69) is 0 Å². The molecule has 1 aromatic rings. The molecular weight excluding hydrogens is 206 g/mol. The number of aliphatic carboxylic acids is 1. The SMILES string of the molecule is CC1Cc2cccc(C(CN)C(=O)O)c2O1. The first kappa shape index (κ1) is 11.0. The topological polar surface area (TPSA) is 72.6 Å². The second kappa shape index (κ2) is 4.14. The summed E-state index contributed by atoms with van der Waals surface area (Å²) in [4.78, 5) is 11.1. The fourth-order valence-electron chi connectivity index (χ4n) is 2.10. The smallest absolute Gasteiger partial charge is 0.312 e. The van der Waals surface area contributed by atoms with E-state index in [1.54, 1.807) is 6.07 Å². The van der Waals surface area contributed by atoms with Crippen LogP contribution in [0.15, 0.2) is 18.2 Å². The van der Waals surface area contributed by atoms with Crippen molar-refractivity contribution in [1.82, 2.24) is 0 Å². The van der Waals surface area contributed by atoms with Gasteiger partial charge in [-0.2, -0.15) is 0 Å². The third-order valence-electron chi connectivity index (χ3n) is 2.86. The highest BCUT2D eigenvalue weighted by Crippen LogP contribution is 2.36. The summed E-state index contributed by atoms with van der Waals surface area (Å²) in [5.41, 5.74) is 7.26. The molecule has 1 aliphatic heterocycles. The zero-order chi connectivity index (χ0) is 11.7. The molecule has 4 heteroatoms. The van der Waals surface area contributed by atoms with Gasteiger partial charge in [-0.15, -0.1) is 0 Å². The van der Waals surface area contributed by atoms with Gasteiger partial charge in [0.2, 0.25) is 0 Å². The molecule has 0 bridgehead atoms. The van der Waals surface area contributed by atoms with Gasteiger partial charge in [0.1, 0.15) is 11.9 Å². The van der Waals surface area contributed by atoms with Crippen LogP contribution in [0.1, 0.15) is 24.0 Å². The van der Waals surface area contributed by atoms with Crippen LogP contribution in [-0.4, -0.2) is 23.7 Å². The maximum atomic E-state index is 11.1. The molecule has 86 valence electrons. The van der Waals surface area contributed by atoms with Crippen molar-refractivity contribution in [3.63, 3.8) is 0 Å². The lowest BCUT2D eigenvalue weighted by Crippen LogP contribution is -2.21. The standard InChI is InChI=1S/C12H15NO3/c1-7-5-8-3-2-4-9(11(8)16-7)10(6-13)12(14)15/h2-4,7,10H,5-6,13H2,1H3,(H,14,15). The van der Waals surface area contributed by atoms with E-state index in [0.29, 0.717) is 11.3 Å². The Morgan fingerprint density at radius 2 is 2.44 bits per heavy atom. The first-order valence-electron chi connectivity index (χ1n) is 5.34. The molecule has 0 fully saturated rings. The van der Waals surface area contributed by atoms with Gasteiger partial charge >= 0.3 is 5.97 Å². The van der Waals surface area contributed by atoms with Gasteiger partial charge in [0.25, 0.3) is 0 Å². The molecule has 2 rings (SSSR count). The van der Waals surface area contributed by atoms with Gasteiger partial charge in [-0.25, -0.2) is 0 Å². The highest BCUT2D eigenvalue weighted by Gasteiger charge is 2.28. The summed E-state index contributed by atoms with van der Waals surface area (Å²) in [7, 11) is 0. The lowest BCUT2D eigenvalue weighted by molar-refractivity contribution is -0.138. The number of carboxylic acid groups (broad SMARTS) is 1. The van der Waals surface area contributed by atoms with Crippen LogP contribution in [0.4, 0.5) is 0 Å². The predicted molar refractivity (Wildman–Crippen MR) is 59.7 cm³/mol. The van der Waals surface area contributed by atoms with Crippen molar-refractivity contribution >= 4 is 5.97 Å². The van der Waals surface area contributed by atoms with Gasteiger partial charge in [-0.05, 0) is 12.5 Å². The molecular formula is C12H15NO3. The molecule has 0 saturated carbocycles. The van der Waals surface area contributed by atoms with E-state index < -0.39 is 11.9 Å². The van der Waals surface area contributed by atoms with Gasteiger partial charge in [0.05, 0.1) is 5.92 Å². The number of ether oxygens (including phenoxy) is 1. The van der Waals surface area contributed by atoms with Crippen LogP contribution in [0.5, 0.6) is 5.75 Å². The Hall–Kier alpha value is -1.55. The van der Waals surface area contributed by atoms with Gasteiger partial charge in [-0.3, -0.25) is 4.79 Å². The lowest BCUT2D eigenvalue weighted by atomic mass is 9.96. The quantitative estimate of drug-likeness (QED) is 0.802. The van der Waals surface area contributed by atoms with Crippen molar-refractivity contribution < 1.29 is 14.6 Å². The predicted octanol–water partition coefficient (Wildman–Crippen LogP) is 1.14. The minimum Gasteiger partial charge on any atom is -0.490 e. The maximum Gasteiger partial charge on any atom is 0.312 e. The summed E-state index contributed by atoms with van der Waals surface area (Å²) in [6.07, 6.45) is 0.948. The summed E-state index contributed by atoms with van der Waals surface area (Å²) in [6.45, 7) is 2.06. The third kappa shape index (κ3) is 1.76. The molecule has 0 aliphatic carbocycles. The first-order valence-corrected chi connectivity index (χ1v) is 5.34. The normalized spacial score (nSPS) is 20.0.